The van der Waals surface area contributed by atoms with Crippen LogP contribution >= 0.6 is 0 Å². The van der Waals surface area contributed by atoms with Crippen LogP contribution in [0.1, 0.15) is 24.2 Å². The molecule has 6 heteroatoms. The molecule has 0 heterocycles. The number of nitrogen functional groups attached to an aromatic ring is 1. The van der Waals surface area contributed by atoms with Gasteiger partial charge in [0.25, 0.3) is 6.47 Å². The van der Waals surface area contributed by atoms with Gasteiger partial charge in [-0.15, -0.1) is 0 Å². The molecular formula is C14H22N2O4. The van der Waals surface area contributed by atoms with Crippen molar-refractivity contribution in [3.63, 3.8) is 0 Å². The highest BCUT2D eigenvalue weighted by atomic mass is 16.5. The fraction of sp³-hybridized carbons (Fsp3) is 0.429. The van der Waals surface area contributed by atoms with Crippen molar-refractivity contribution in [3.8, 4) is 0 Å². The minimum absolute atomic E-state index is 0.250. The van der Waals surface area contributed by atoms with Crippen molar-refractivity contribution < 1.29 is 19.4 Å². The second-order valence-corrected chi connectivity index (χ2v) is 4.46. The van der Waals surface area contributed by atoms with Gasteiger partial charge in [-0.1, -0.05) is 13.8 Å². The predicted octanol–water partition coefficient (Wildman–Crippen LogP) is 1.37. The van der Waals surface area contributed by atoms with Crippen molar-refractivity contribution in [1.82, 2.24) is 5.32 Å². The normalized spacial score (nSPS) is 9.55. The van der Waals surface area contributed by atoms with Crippen molar-refractivity contribution in [3.05, 3.63) is 29.8 Å². The molecular weight excluding hydrogens is 260 g/mol. The molecule has 1 aromatic rings. The summed E-state index contributed by atoms with van der Waals surface area (Å²) in [5, 5.41) is 10.1. The summed E-state index contributed by atoms with van der Waals surface area (Å²) < 4.78 is 5.11. The molecule has 20 heavy (non-hydrogen) atoms. The Morgan fingerprint density at radius 1 is 1.40 bits per heavy atom. The van der Waals surface area contributed by atoms with Gasteiger partial charge < -0.3 is 20.9 Å². The lowest BCUT2D eigenvalue weighted by molar-refractivity contribution is -0.122. The van der Waals surface area contributed by atoms with Crippen LogP contribution in [-0.4, -0.2) is 37.2 Å². The quantitative estimate of drug-likeness (QED) is 0.315. The third-order valence-electron chi connectivity index (χ3n) is 2.21. The second-order valence-electron chi connectivity index (χ2n) is 4.46. The summed E-state index contributed by atoms with van der Waals surface area (Å²) in [6.45, 7) is 6.01. The maximum Gasteiger partial charge on any atom is 0.338 e. The fourth-order valence-corrected chi connectivity index (χ4v) is 1.31. The van der Waals surface area contributed by atoms with Gasteiger partial charge in [-0.25, -0.2) is 4.79 Å². The van der Waals surface area contributed by atoms with E-state index in [1.54, 1.807) is 24.3 Å². The lowest BCUT2D eigenvalue weighted by Crippen LogP contribution is -2.25. The maximum atomic E-state index is 11.6. The summed E-state index contributed by atoms with van der Waals surface area (Å²) in [4.78, 5) is 19.9. The lowest BCUT2D eigenvalue weighted by atomic mass is 10.2. The van der Waals surface area contributed by atoms with Crippen LogP contribution in [0.3, 0.4) is 0 Å². The van der Waals surface area contributed by atoms with Crippen LogP contribution in [0.5, 0.6) is 0 Å². The molecule has 0 spiro atoms. The van der Waals surface area contributed by atoms with E-state index in [2.05, 4.69) is 19.2 Å². The number of nitrogens with one attached hydrogen (secondary N) is 1. The number of carbonyl (C=O) groups excluding carboxylic acids is 1. The van der Waals surface area contributed by atoms with E-state index in [0.29, 0.717) is 30.3 Å². The molecule has 6 nitrogen and oxygen atoms in total. The molecule has 0 aliphatic heterocycles. The number of hydrogen-bond donors (Lipinski definition) is 3. The van der Waals surface area contributed by atoms with Crippen LogP contribution in [0.4, 0.5) is 5.69 Å². The third-order valence-corrected chi connectivity index (χ3v) is 2.21. The molecule has 0 saturated carbocycles. The fourth-order valence-electron chi connectivity index (χ4n) is 1.31. The van der Waals surface area contributed by atoms with Crippen LogP contribution in [0.2, 0.25) is 0 Å². The van der Waals surface area contributed by atoms with E-state index in [9.17, 15) is 4.79 Å². The molecule has 1 aromatic carbocycles. The largest absolute Gasteiger partial charge is 0.483 e. The Morgan fingerprint density at radius 3 is 2.45 bits per heavy atom. The van der Waals surface area contributed by atoms with E-state index in [1.807, 2.05) is 0 Å². The standard InChI is InChI=1S/C13H20N2O2.CH2O2/c1-10(2)9-15-7-8-17-13(16)11-3-5-12(14)6-4-11;2-1-3/h3-6,10,15H,7-9,14H2,1-2H3;1H,(H,2,3). The van der Waals surface area contributed by atoms with Gasteiger partial charge in [0.05, 0.1) is 5.56 Å². The Balaban J connectivity index is 0.00000110. The Morgan fingerprint density at radius 2 is 1.95 bits per heavy atom. The lowest BCUT2D eigenvalue weighted by Gasteiger charge is -2.08. The van der Waals surface area contributed by atoms with E-state index in [4.69, 9.17) is 20.4 Å². The van der Waals surface area contributed by atoms with Gasteiger partial charge in [-0.3, -0.25) is 4.79 Å². The molecule has 112 valence electrons. The van der Waals surface area contributed by atoms with Gasteiger partial charge in [0.1, 0.15) is 6.61 Å². The zero-order valence-corrected chi connectivity index (χ0v) is 11.8. The first kappa shape index (κ1) is 17.9. The number of ether oxygens (including phenoxy) is 1. The van der Waals surface area contributed by atoms with E-state index in [1.165, 1.54) is 0 Å². The average Bonchev–Trinajstić information content (AvgIpc) is 2.39. The zero-order valence-electron chi connectivity index (χ0n) is 11.8. The molecule has 0 amide bonds. The zero-order chi connectivity index (χ0) is 15.4. The van der Waals surface area contributed by atoms with Crippen LogP contribution in [0, 0.1) is 5.92 Å². The van der Waals surface area contributed by atoms with Crippen molar-refractivity contribution in [1.29, 1.82) is 0 Å². The number of carbonyl (C=O) groups is 2. The van der Waals surface area contributed by atoms with Gasteiger partial charge in [0.2, 0.25) is 0 Å². The molecule has 0 aromatic heterocycles. The Hall–Kier alpha value is -2.08. The van der Waals surface area contributed by atoms with Crippen LogP contribution in [0.25, 0.3) is 0 Å². The highest BCUT2D eigenvalue weighted by Crippen LogP contribution is 2.06. The van der Waals surface area contributed by atoms with Gasteiger partial charge in [0.15, 0.2) is 0 Å². The molecule has 0 aliphatic carbocycles. The van der Waals surface area contributed by atoms with E-state index >= 15 is 0 Å². The summed E-state index contributed by atoms with van der Waals surface area (Å²) in [6, 6.07) is 6.71. The molecule has 0 atom stereocenters. The summed E-state index contributed by atoms with van der Waals surface area (Å²) in [6.07, 6.45) is 0. The molecule has 1 rings (SSSR count). The van der Waals surface area contributed by atoms with Crippen molar-refractivity contribution in [2.24, 2.45) is 5.92 Å². The second kappa shape index (κ2) is 10.8. The van der Waals surface area contributed by atoms with Crippen molar-refractivity contribution >= 4 is 18.1 Å². The number of esters is 1. The first-order valence-electron chi connectivity index (χ1n) is 6.32. The number of carboxylic acid groups (broad SMARTS) is 1. The van der Waals surface area contributed by atoms with E-state index in [0.717, 1.165) is 6.54 Å². The number of nitrogens with two attached hydrogens (primary N) is 1. The maximum absolute atomic E-state index is 11.6. The highest BCUT2D eigenvalue weighted by molar-refractivity contribution is 5.89. The molecule has 0 bridgehead atoms. The minimum atomic E-state index is -0.309. The first-order chi connectivity index (χ1) is 9.51. The monoisotopic (exact) mass is 282 g/mol. The topological polar surface area (TPSA) is 102 Å². The Labute approximate surface area is 118 Å². The molecule has 0 unspecified atom stereocenters. The van der Waals surface area contributed by atoms with E-state index in [-0.39, 0.29) is 12.4 Å². The average molecular weight is 282 g/mol. The van der Waals surface area contributed by atoms with Crippen LogP contribution < -0.4 is 11.1 Å². The smallest absolute Gasteiger partial charge is 0.338 e. The number of hydrogen-bond acceptors (Lipinski definition) is 5. The number of rotatable bonds is 6. The predicted molar refractivity (Wildman–Crippen MR) is 77.5 cm³/mol. The molecule has 4 N–H and O–H groups in total. The third kappa shape index (κ3) is 8.93. The Bertz CT molecular complexity index is 391. The van der Waals surface area contributed by atoms with Crippen molar-refractivity contribution in [2.75, 3.05) is 25.4 Å². The number of benzene rings is 1. The summed E-state index contributed by atoms with van der Waals surface area (Å²) in [5.41, 5.74) is 6.70. The highest BCUT2D eigenvalue weighted by Gasteiger charge is 2.05. The molecule has 0 saturated heterocycles. The molecule has 0 fully saturated rings. The van der Waals surface area contributed by atoms with E-state index < -0.39 is 0 Å². The molecule has 0 aliphatic rings. The van der Waals surface area contributed by atoms with Crippen molar-refractivity contribution in [2.45, 2.75) is 13.8 Å². The summed E-state index contributed by atoms with van der Waals surface area (Å²) >= 11 is 0. The first-order valence-corrected chi connectivity index (χ1v) is 6.32. The van der Waals surface area contributed by atoms with Crippen LogP contribution in [0.15, 0.2) is 24.3 Å². The van der Waals surface area contributed by atoms with Gasteiger partial charge >= 0.3 is 5.97 Å². The number of anilines is 1. The minimum Gasteiger partial charge on any atom is -0.483 e. The summed E-state index contributed by atoms with van der Waals surface area (Å²) in [7, 11) is 0. The summed E-state index contributed by atoms with van der Waals surface area (Å²) in [5.74, 6) is 0.291. The van der Waals surface area contributed by atoms with Gasteiger partial charge in [-0.05, 0) is 36.7 Å². The molecule has 0 radical (unpaired) electrons. The SMILES string of the molecule is CC(C)CNCCOC(=O)c1ccc(N)cc1.O=CO. The Kier molecular flexibility index (Phi) is 9.68. The van der Waals surface area contributed by atoms with Gasteiger partial charge in [-0.2, -0.15) is 0 Å². The van der Waals surface area contributed by atoms with Gasteiger partial charge in [0, 0.05) is 12.2 Å². The van der Waals surface area contributed by atoms with Crippen LogP contribution in [-0.2, 0) is 9.53 Å².